The zero-order valence-electron chi connectivity index (χ0n) is 14.2. The number of hydrogen-bond donors (Lipinski definition) is 1. The molecule has 144 valence electrons. The first-order valence-electron chi connectivity index (χ1n) is 8.27. The fourth-order valence-electron chi connectivity index (χ4n) is 3.33. The maximum atomic E-state index is 13.5. The van der Waals surface area contributed by atoms with Crippen LogP contribution in [-0.2, 0) is 19.3 Å². The Hall–Kier alpha value is -3.00. The lowest BCUT2D eigenvalue weighted by atomic mass is 10.1. The third-order valence-corrected chi connectivity index (χ3v) is 4.83. The lowest BCUT2D eigenvalue weighted by Crippen LogP contribution is -2.24. The molecule has 1 aliphatic heterocycles. The van der Waals surface area contributed by atoms with Gasteiger partial charge in [0, 0.05) is 16.1 Å². The Kier molecular flexibility index (Phi) is 4.30. The van der Waals surface area contributed by atoms with Crippen molar-refractivity contribution in [3.05, 3.63) is 70.4 Å². The van der Waals surface area contributed by atoms with Crippen molar-refractivity contribution in [1.29, 1.82) is 0 Å². The number of carbonyl (C=O) groups is 1. The van der Waals surface area contributed by atoms with Crippen molar-refractivity contribution in [2.24, 2.45) is 0 Å². The first kappa shape index (κ1) is 18.4. The van der Waals surface area contributed by atoms with Crippen molar-refractivity contribution < 1.29 is 23.1 Å². The first-order chi connectivity index (χ1) is 13.3. The predicted molar refractivity (Wildman–Crippen MR) is 96.3 cm³/mol. The van der Waals surface area contributed by atoms with Crippen molar-refractivity contribution in [2.45, 2.75) is 19.3 Å². The maximum Gasteiger partial charge on any atom is 0.418 e. The van der Waals surface area contributed by atoms with Gasteiger partial charge in [-0.05, 0) is 24.3 Å². The highest BCUT2D eigenvalue weighted by Crippen LogP contribution is 2.39. The molecule has 5 nitrogen and oxygen atoms in total. The number of aromatic nitrogens is 2. The van der Waals surface area contributed by atoms with E-state index >= 15 is 0 Å². The van der Waals surface area contributed by atoms with Gasteiger partial charge in [0.2, 0.25) is 0 Å². The predicted octanol–water partition coefficient (Wildman–Crippen LogP) is 5.21. The third kappa shape index (κ3) is 3.09. The van der Waals surface area contributed by atoms with E-state index in [1.54, 1.807) is 24.3 Å². The van der Waals surface area contributed by atoms with Crippen LogP contribution in [0.2, 0.25) is 5.02 Å². The van der Waals surface area contributed by atoms with Crippen molar-refractivity contribution in [2.75, 3.05) is 0 Å². The van der Waals surface area contributed by atoms with Crippen LogP contribution in [0, 0.1) is 0 Å². The maximum absolute atomic E-state index is 13.5. The molecule has 0 fully saturated rings. The minimum Gasteiger partial charge on any atom is -0.465 e. The minimum absolute atomic E-state index is 0.0203. The summed E-state index contributed by atoms with van der Waals surface area (Å²) in [4.78, 5) is 12.5. The molecule has 0 atom stereocenters. The second-order valence-corrected chi connectivity index (χ2v) is 6.78. The van der Waals surface area contributed by atoms with Crippen LogP contribution in [0.3, 0.4) is 0 Å². The molecular weight excluding hydrogens is 395 g/mol. The molecule has 1 aliphatic rings. The van der Waals surface area contributed by atoms with Crippen LogP contribution in [0.25, 0.3) is 16.9 Å². The van der Waals surface area contributed by atoms with Crippen molar-refractivity contribution in [1.82, 2.24) is 14.7 Å². The van der Waals surface area contributed by atoms with Gasteiger partial charge in [0.25, 0.3) is 0 Å². The summed E-state index contributed by atoms with van der Waals surface area (Å²) >= 11 is 5.94. The van der Waals surface area contributed by atoms with Crippen LogP contribution >= 0.6 is 11.6 Å². The lowest BCUT2D eigenvalue weighted by Gasteiger charge is -2.17. The van der Waals surface area contributed by atoms with Crippen LogP contribution in [0.15, 0.2) is 48.5 Å². The Morgan fingerprint density at radius 2 is 1.75 bits per heavy atom. The lowest BCUT2D eigenvalue weighted by molar-refractivity contribution is -0.137. The van der Waals surface area contributed by atoms with Gasteiger partial charge in [-0.1, -0.05) is 35.9 Å². The van der Waals surface area contributed by atoms with E-state index in [9.17, 15) is 23.1 Å². The van der Waals surface area contributed by atoms with E-state index in [4.69, 9.17) is 11.6 Å². The van der Waals surface area contributed by atoms with E-state index in [1.807, 2.05) is 0 Å². The summed E-state index contributed by atoms with van der Waals surface area (Å²) in [5, 5.41) is 14.1. The summed E-state index contributed by atoms with van der Waals surface area (Å²) in [7, 11) is 0. The second-order valence-electron chi connectivity index (χ2n) is 6.35. The monoisotopic (exact) mass is 407 g/mol. The van der Waals surface area contributed by atoms with E-state index in [0.29, 0.717) is 27.5 Å². The number of nitrogens with zero attached hydrogens (tertiary/aromatic N) is 3. The Morgan fingerprint density at radius 3 is 2.39 bits per heavy atom. The molecule has 28 heavy (non-hydrogen) atoms. The number of halogens is 4. The van der Waals surface area contributed by atoms with E-state index in [-0.39, 0.29) is 18.8 Å². The quantitative estimate of drug-likeness (QED) is 0.634. The molecule has 4 rings (SSSR count). The minimum atomic E-state index is -4.56. The number of carboxylic acid groups (broad SMARTS) is 1. The molecule has 1 aromatic heterocycles. The number of hydrogen-bond acceptors (Lipinski definition) is 2. The van der Waals surface area contributed by atoms with Gasteiger partial charge >= 0.3 is 12.3 Å². The summed E-state index contributed by atoms with van der Waals surface area (Å²) in [6.45, 7) is 0.0727. The Bertz CT molecular complexity index is 1060. The van der Waals surface area contributed by atoms with Crippen LogP contribution in [-0.4, -0.2) is 25.9 Å². The normalized spacial score (nSPS) is 13.6. The van der Waals surface area contributed by atoms with E-state index in [2.05, 4.69) is 5.10 Å². The number of fused-ring (bicyclic) bond motifs is 1. The number of amides is 1. The SMILES string of the molecule is O=C(O)N1Cc2nn(-c3ccccc3C(F)(F)F)c(-c3ccc(Cl)cc3)c2C1. The molecule has 2 aromatic carbocycles. The standard InChI is InChI=1S/C19H13ClF3N3O2/c20-12-7-5-11(6-8-12)17-13-9-25(18(27)28)10-15(13)24-26(17)16-4-2-1-3-14(16)19(21,22)23/h1-8H,9-10H2,(H,27,28). The van der Waals surface area contributed by atoms with Crippen molar-refractivity contribution in [3.63, 3.8) is 0 Å². The highest BCUT2D eigenvalue weighted by atomic mass is 35.5. The summed E-state index contributed by atoms with van der Waals surface area (Å²) < 4.78 is 41.9. The van der Waals surface area contributed by atoms with Gasteiger partial charge in [-0.15, -0.1) is 0 Å². The number of para-hydroxylation sites is 1. The molecule has 0 radical (unpaired) electrons. The van der Waals surface area contributed by atoms with Gasteiger partial charge in [0.1, 0.15) is 0 Å². The van der Waals surface area contributed by atoms with E-state index in [0.717, 1.165) is 11.0 Å². The molecule has 0 unspecified atom stereocenters. The summed E-state index contributed by atoms with van der Waals surface area (Å²) in [5.41, 5.74) is 1.11. The zero-order chi connectivity index (χ0) is 20.1. The van der Waals surface area contributed by atoms with Gasteiger partial charge in [-0.25, -0.2) is 9.48 Å². The number of rotatable bonds is 2. The smallest absolute Gasteiger partial charge is 0.418 e. The van der Waals surface area contributed by atoms with Crippen LogP contribution in [0.5, 0.6) is 0 Å². The van der Waals surface area contributed by atoms with Crippen LogP contribution < -0.4 is 0 Å². The van der Waals surface area contributed by atoms with E-state index < -0.39 is 17.8 Å². The zero-order valence-corrected chi connectivity index (χ0v) is 15.0. The largest absolute Gasteiger partial charge is 0.465 e. The highest BCUT2D eigenvalue weighted by molar-refractivity contribution is 6.30. The fraction of sp³-hybridized carbons (Fsp3) is 0.158. The molecular formula is C19H13ClF3N3O2. The Balaban J connectivity index is 1.95. The first-order valence-corrected chi connectivity index (χ1v) is 8.64. The molecule has 0 spiro atoms. The Labute approximate surface area is 162 Å². The molecule has 0 bridgehead atoms. The van der Waals surface area contributed by atoms with Gasteiger partial charge in [-0.3, -0.25) is 4.90 Å². The molecule has 3 aromatic rings. The third-order valence-electron chi connectivity index (χ3n) is 4.58. The van der Waals surface area contributed by atoms with Crippen molar-refractivity contribution >= 4 is 17.7 Å². The molecule has 2 heterocycles. The molecule has 0 aliphatic carbocycles. The van der Waals surface area contributed by atoms with Crippen LogP contribution in [0.4, 0.5) is 18.0 Å². The Morgan fingerprint density at radius 1 is 1.07 bits per heavy atom. The highest BCUT2D eigenvalue weighted by Gasteiger charge is 2.36. The van der Waals surface area contributed by atoms with Gasteiger partial charge in [-0.2, -0.15) is 18.3 Å². The molecule has 0 saturated heterocycles. The second kappa shape index (κ2) is 6.56. The van der Waals surface area contributed by atoms with Gasteiger partial charge < -0.3 is 5.11 Å². The average molecular weight is 408 g/mol. The van der Waals surface area contributed by atoms with Gasteiger partial charge in [0.05, 0.1) is 35.7 Å². The van der Waals surface area contributed by atoms with Gasteiger partial charge in [0.15, 0.2) is 0 Å². The average Bonchev–Trinajstić information content (AvgIpc) is 3.20. The summed E-state index contributed by atoms with van der Waals surface area (Å²) in [6.07, 6.45) is -5.67. The van der Waals surface area contributed by atoms with Crippen LogP contribution in [0.1, 0.15) is 16.8 Å². The summed E-state index contributed by atoms with van der Waals surface area (Å²) in [5.74, 6) is 0. The number of alkyl halides is 3. The molecule has 0 saturated carbocycles. The molecule has 1 N–H and O–H groups in total. The number of benzene rings is 2. The molecule has 1 amide bonds. The van der Waals surface area contributed by atoms with E-state index in [1.165, 1.54) is 22.9 Å². The van der Waals surface area contributed by atoms with Crippen molar-refractivity contribution in [3.8, 4) is 16.9 Å². The molecule has 9 heteroatoms. The fourth-order valence-corrected chi connectivity index (χ4v) is 3.45. The summed E-state index contributed by atoms with van der Waals surface area (Å²) in [6, 6.07) is 11.8. The topological polar surface area (TPSA) is 58.4 Å².